The van der Waals surface area contributed by atoms with Gasteiger partial charge in [-0.05, 0) is 30.5 Å². The summed E-state index contributed by atoms with van der Waals surface area (Å²) < 4.78 is 29.2. The molecular formula is C14H20N4O2S. The predicted molar refractivity (Wildman–Crippen MR) is 81.1 cm³/mol. The van der Waals surface area contributed by atoms with Gasteiger partial charge in [-0.3, -0.25) is 0 Å². The molecule has 0 aliphatic carbocycles. The second-order valence-electron chi connectivity index (χ2n) is 4.86. The third-order valence-electron chi connectivity index (χ3n) is 3.22. The maximum atomic E-state index is 12.3. The first kappa shape index (κ1) is 15.7. The van der Waals surface area contributed by atoms with Crippen LogP contribution in [0.4, 0.5) is 0 Å². The molecule has 1 aromatic carbocycles. The van der Waals surface area contributed by atoms with Crippen LogP contribution in [-0.2, 0) is 23.1 Å². The molecule has 0 bridgehead atoms. The molecule has 0 saturated heterocycles. The lowest BCUT2D eigenvalue weighted by Crippen LogP contribution is -2.26. The lowest BCUT2D eigenvalue weighted by atomic mass is 10.1. The Balaban J connectivity index is 1.98. The smallest absolute Gasteiger partial charge is 0.240 e. The van der Waals surface area contributed by atoms with E-state index in [9.17, 15) is 8.42 Å². The minimum atomic E-state index is -3.50. The van der Waals surface area contributed by atoms with Crippen molar-refractivity contribution in [2.45, 2.75) is 31.3 Å². The third-order valence-corrected chi connectivity index (χ3v) is 4.83. The van der Waals surface area contributed by atoms with Crippen molar-refractivity contribution in [1.82, 2.24) is 14.3 Å². The van der Waals surface area contributed by atoms with Crippen LogP contribution in [-0.4, -0.2) is 24.5 Å². The summed E-state index contributed by atoms with van der Waals surface area (Å²) in [7, 11) is -3.50. The number of nitrogens with zero attached hydrogens (tertiary/aromatic N) is 2. The first-order valence-corrected chi connectivity index (χ1v) is 8.26. The van der Waals surface area contributed by atoms with Gasteiger partial charge in [0.1, 0.15) is 0 Å². The molecular weight excluding hydrogens is 288 g/mol. The van der Waals surface area contributed by atoms with Gasteiger partial charge in [-0.25, -0.2) is 18.1 Å². The average Bonchev–Trinajstić information content (AvgIpc) is 2.97. The largest absolute Gasteiger partial charge is 0.337 e. The van der Waals surface area contributed by atoms with Crippen LogP contribution in [0.1, 0.15) is 17.5 Å². The van der Waals surface area contributed by atoms with Gasteiger partial charge < -0.3 is 10.3 Å². The number of aromatic nitrogens is 2. The van der Waals surface area contributed by atoms with Crippen LogP contribution >= 0.6 is 0 Å². The Bertz CT molecular complexity index is 681. The van der Waals surface area contributed by atoms with Gasteiger partial charge in [0.05, 0.1) is 11.2 Å². The van der Waals surface area contributed by atoms with E-state index in [1.165, 1.54) is 0 Å². The zero-order valence-electron chi connectivity index (χ0n) is 12.0. The van der Waals surface area contributed by atoms with Crippen molar-refractivity contribution in [2.75, 3.05) is 6.54 Å². The number of imidazole rings is 1. The van der Waals surface area contributed by atoms with Gasteiger partial charge in [-0.1, -0.05) is 12.1 Å². The van der Waals surface area contributed by atoms with Gasteiger partial charge in [0.2, 0.25) is 10.0 Å². The summed E-state index contributed by atoms with van der Waals surface area (Å²) in [6.45, 7) is 3.21. The Hall–Kier alpha value is -1.70. The van der Waals surface area contributed by atoms with E-state index in [1.807, 2.05) is 16.8 Å². The minimum Gasteiger partial charge on any atom is -0.337 e. The van der Waals surface area contributed by atoms with E-state index in [0.717, 1.165) is 12.1 Å². The zero-order chi connectivity index (χ0) is 15.3. The molecule has 0 radical (unpaired) electrons. The molecule has 0 aliphatic rings. The fraction of sp³-hybridized carbons (Fsp3) is 0.357. The zero-order valence-corrected chi connectivity index (χ0v) is 12.8. The van der Waals surface area contributed by atoms with Crippen LogP contribution in [0.3, 0.4) is 0 Å². The van der Waals surface area contributed by atoms with Crippen LogP contribution in [0.5, 0.6) is 0 Å². The van der Waals surface area contributed by atoms with Crippen molar-refractivity contribution >= 4 is 10.0 Å². The molecule has 0 spiro atoms. The first-order valence-electron chi connectivity index (χ1n) is 6.78. The van der Waals surface area contributed by atoms with E-state index < -0.39 is 10.0 Å². The van der Waals surface area contributed by atoms with Crippen molar-refractivity contribution < 1.29 is 8.42 Å². The number of nitrogens with two attached hydrogens (primary N) is 1. The van der Waals surface area contributed by atoms with Gasteiger partial charge in [-0.15, -0.1) is 0 Å². The Morgan fingerprint density at radius 3 is 2.86 bits per heavy atom. The number of hydrogen-bond acceptors (Lipinski definition) is 4. The second-order valence-corrected chi connectivity index (χ2v) is 6.59. The third kappa shape index (κ3) is 4.13. The van der Waals surface area contributed by atoms with E-state index >= 15 is 0 Å². The fourth-order valence-corrected chi connectivity index (χ4v) is 3.39. The van der Waals surface area contributed by atoms with Crippen LogP contribution in [0.25, 0.3) is 0 Å². The lowest BCUT2D eigenvalue weighted by molar-refractivity contribution is 0.569. The van der Waals surface area contributed by atoms with Crippen molar-refractivity contribution in [3.63, 3.8) is 0 Å². The molecule has 3 N–H and O–H groups in total. The molecule has 6 nitrogen and oxygen atoms in total. The maximum absolute atomic E-state index is 12.3. The Labute approximate surface area is 125 Å². The van der Waals surface area contributed by atoms with E-state index in [4.69, 9.17) is 5.73 Å². The van der Waals surface area contributed by atoms with Crippen LogP contribution in [0.15, 0.2) is 41.8 Å². The van der Waals surface area contributed by atoms with Gasteiger partial charge >= 0.3 is 0 Å². The molecule has 114 valence electrons. The summed E-state index contributed by atoms with van der Waals surface area (Å²) in [6, 6.07) is 5.25. The summed E-state index contributed by atoms with van der Waals surface area (Å²) in [5.41, 5.74) is 7.09. The Morgan fingerprint density at radius 1 is 1.38 bits per heavy atom. The molecule has 1 heterocycles. The van der Waals surface area contributed by atoms with Crippen molar-refractivity contribution in [3.8, 4) is 0 Å². The van der Waals surface area contributed by atoms with Crippen LogP contribution in [0.2, 0.25) is 0 Å². The standard InChI is InChI=1S/C14H20N4O2S/c1-12-3-4-13(10-15)9-14(12)21(19,20)17-5-2-7-18-8-6-16-11-18/h3-4,6,8-9,11,17H,2,5,7,10,15H2,1H3. The highest BCUT2D eigenvalue weighted by Gasteiger charge is 2.16. The summed E-state index contributed by atoms with van der Waals surface area (Å²) >= 11 is 0. The summed E-state index contributed by atoms with van der Waals surface area (Å²) in [5, 5.41) is 0. The molecule has 21 heavy (non-hydrogen) atoms. The quantitative estimate of drug-likeness (QED) is 0.747. The van der Waals surface area contributed by atoms with Gasteiger partial charge in [-0.2, -0.15) is 0 Å². The van der Waals surface area contributed by atoms with Crippen molar-refractivity contribution in [1.29, 1.82) is 0 Å². The van der Waals surface area contributed by atoms with E-state index in [1.54, 1.807) is 31.6 Å². The normalized spacial score (nSPS) is 11.7. The van der Waals surface area contributed by atoms with Crippen LogP contribution < -0.4 is 10.5 Å². The highest BCUT2D eigenvalue weighted by Crippen LogP contribution is 2.16. The number of benzene rings is 1. The number of aryl methyl sites for hydroxylation is 2. The molecule has 0 unspecified atom stereocenters. The fourth-order valence-electron chi connectivity index (χ4n) is 2.03. The summed E-state index contributed by atoms with van der Waals surface area (Å²) in [5.74, 6) is 0. The van der Waals surface area contributed by atoms with E-state index in [0.29, 0.717) is 30.0 Å². The van der Waals surface area contributed by atoms with Gasteiger partial charge in [0.15, 0.2) is 0 Å². The number of nitrogens with one attached hydrogen (secondary N) is 1. The molecule has 7 heteroatoms. The van der Waals surface area contributed by atoms with E-state index in [2.05, 4.69) is 9.71 Å². The molecule has 0 aliphatic heterocycles. The SMILES string of the molecule is Cc1ccc(CN)cc1S(=O)(=O)NCCCn1ccnc1. The molecule has 2 rings (SSSR count). The molecule has 0 fully saturated rings. The molecule has 0 atom stereocenters. The molecule has 2 aromatic rings. The number of hydrogen-bond donors (Lipinski definition) is 2. The molecule has 1 aromatic heterocycles. The van der Waals surface area contributed by atoms with Crippen molar-refractivity contribution in [2.24, 2.45) is 5.73 Å². The van der Waals surface area contributed by atoms with Gasteiger partial charge in [0, 0.05) is 32.0 Å². The Kier molecular flexibility index (Phi) is 5.11. The van der Waals surface area contributed by atoms with Gasteiger partial charge in [0.25, 0.3) is 0 Å². The molecule has 0 amide bonds. The number of rotatable bonds is 7. The summed E-state index contributed by atoms with van der Waals surface area (Å²) in [4.78, 5) is 4.24. The summed E-state index contributed by atoms with van der Waals surface area (Å²) in [6.07, 6.45) is 5.96. The minimum absolute atomic E-state index is 0.299. The Morgan fingerprint density at radius 2 is 2.19 bits per heavy atom. The van der Waals surface area contributed by atoms with Crippen LogP contribution in [0, 0.1) is 6.92 Å². The topological polar surface area (TPSA) is 90.0 Å². The van der Waals surface area contributed by atoms with E-state index in [-0.39, 0.29) is 0 Å². The average molecular weight is 308 g/mol. The number of sulfonamides is 1. The predicted octanol–water partition coefficient (Wildman–Crippen LogP) is 1.02. The second kappa shape index (κ2) is 6.84. The highest BCUT2D eigenvalue weighted by atomic mass is 32.2. The monoisotopic (exact) mass is 308 g/mol. The lowest BCUT2D eigenvalue weighted by Gasteiger charge is -2.11. The molecule has 0 saturated carbocycles. The first-order chi connectivity index (χ1) is 10.0. The van der Waals surface area contributed by atoms with Crippen molar-refractivity contribution in [3.05, 3.63) is 48.0 Å². The maximum Gasteiger partial charge on any atom is 0.240 e. The highest BCUT2D eigenvalue weighted by molar-refractivity contribution is 7.89.